The summed E-state index contributed by atoms with van der Waals surface area (Å²) in [6, 6.07) is 87.8. The minimum Gasteiger partial charge on any atom is -0.457 e. The fourth-order valence-corrected chi connectivity index (χ4v) is 14.0. The molecule has 13 aromatic carbocycles. The van der Waals surface area contributed by atoms with Gasteiger partial charge in [-0.3, -0.25) is 0 Å². The molecular formula is C84H53F6NO2. The van der Waals surface area contributed by atoms with Crippen molar-refractivity contribution in [1.29, 1.82) is 0 Å². The average molecular weight is 1220 g/mol. The van der Waals surface area contributed by atoms with Crippen molar-refractivity contribution in [3.05, 3.63) is 389 Å². The number of rotatable bonds is 15. The van der Waals surface area contributed by atoms with E-state index in [0.717, 1.165) is 79.9 Å². The summed E-state index contributed by atoms with van der Waals surface area (Å²) in [6.45, 7) is 7.73. The van der Waals surface area contributed by atoms with Gasteiger partial charge in [0.25, 0.3) is 0 Å². The van der Waals surface area contributed by atoms with Crippen LogP contribution in [0.4, 0.5) is 43.4 Å². The molecule has 0 radical (unpaired) electrons. The van der Waals surface area contributed by atoms with Crippen molar-refractivity contribution in [2.75, 3.05) is 4.90 Å². The number of halogens is 6. The second-order valence-electron chi connectivity index (χ2n) is 23.2. The van der Waals surface area contributed by atoms with Crippen molar-refractivity contribution in [3.63, 3.8) is 0 Å². The number of hydrogen-bond donors (Lipinski definition) is 0. The molecule has 0 fully saturated rings. The van der Waals surface area contributed by atoms with E-state index < -0.39 is 45.7 Å². The lowest BCUT2D eigenvalue weighted by atomic mass is 9.67. The molecule has 93 heavy (non-hydrogen) atoms. The number of hydrogen-bond acceptors (Lipinski definition) is 3. The Balaban J connectivity index is 0.974. The van der Waals surface area contributed by atoms with Crippen LogP contribution in [-0.2, 0) is 10.8 Å². The summed E-state index contributed by atoms with van der Waals surface area (Å²) in [5.74, 6) is -6.45. The monoisotopic (exact) mass is 1220 g/mol. The Bertz CT molecular complexity index is 4780. The largest absolute Gasteiger partial charge is 0.457 e. The Labute approximate surface area is 534 Å². The Kier molecular flexibility index (Phi) is 14.5. The van der Waals surface area contributed by atoms with Crippen LogP contribution in [0.5, 0.6) is 23.0 Å². The van der Waals surface area contributed by atoms with Gasteiger partial charge in [-0.1, -0.05) is 201 Å². The summed E-state index contributed by atoms with van der Waals surface area (Å²) in [5.41, 5.74) is 11.9. The SMILES string of the molecule is C=Cc1ccc(Oc2ccc(C3(c4cc(F)c(F)c(F)c4)c4ccccc4-c4ccc(N(c5cccc(-c6ccccc6-c6ccccc6)c5)c5ccc6c(c5)C(c5ccc(Oc7ccc(C=C)cc7)cc5)(c5cc(F)c(F)c(F)c5)c5ccccc5-6)cc43)cc2)cc1. The summed E-state index contributed by atoms with van der Waals surface area (Å²) in [7, 11) is 0. The van der Waals surface area contributed by atoms with E-state index in [-0.39, 0.29) is 11.1 Å². The van der Waals surface area contributed by atoms with Crippen LogP contribution in [0.15, 0.2) is 298 Å². The molecule has 0 aliphatic heterocycles. The first-order valence-electron chi connectivity index (χ1n) is 30.3. The van der Waals surface area contributed by atoms with Crippen molar-refractivity contribution >= 4 is 29.2 Å². The maximum absolute atomic E-state index is 16.2. The van der Waals surface area contributed by atoms with Gasteiger partial charge in [0.15, 0.2) is 34.9 Å². The molecule has 3 nitrogen and oxygen atoms in total. The van der Waals surface area contributed by atoms with E-state index in [0.29, 0.717) is 73.4 Å². The summed E-state index contributed by atoms with van der Waals surface area (Å²) >= 11 is 0. The molecule has 0 amide bonds. The van der Waals surface area contributed by atoms with E-state index >= 15 is 26.3 Å². The highest BCUT2D eigenvalue weighted by molar-refractivity contribution is 5.94. The number of ether oxygens (including phenoxy) is 2. The zero-order valence-corrected chi connectivity index (χ0v) is 49.7. The van der Waals surface area contributed by atoms with E-state index in [1.807, 2.05) is 200 Å². The highest BCUT2D eigenvalue weighted by Crippen LogP contribution is 2.60. The lowest BCUT2D eigenvalue weighted by Gasteiger charge is -2.36. The molecule has 9 heteroatoms. The predicted octanol–water partition coefficient (Wildman–Crippen LogP) is 22.9. The van der Waals surface area contributed by atoms with Crippen LogP contribution in [0.25, 0.3) is 56.7 Å². The van der Waals surface area contributed by atoms with Crippen molar-refractivity contribution in [2.45, 2.75) is 10.8 Å². The van der Waals surface area contributed by atoms with Gasteiger partial charge in [-0.25, -0.2) is 26.3 Å². The third-order valence-electron chi connectivity index (χ3n) is 18.1. The van der Waals surface area contributed by atoms with Crippen molar-refractivity contribution in [3.8, 4) is 67.5 Å². The van der Waals surface area contributed by atoms with Gasteiger partial charge in [0.2, 0.25) is 0 Å². The van der Waals surface area contributed by atoms with Gasteiger partial charge in [0, 0.05) is 17.1 Å². The van der Waals surface area contributed by atoms with Crippen LogP contribution in [0.3, 0.4) is 0 Å². The second-order valence-corrected chi connectivity index (χ2v) is 23.2. The molecular weight excluding hydrogens is 1170 g/mol. The van der Waals surface area contributed by atoms with E-state index in [2.05, 4.69) is 54.5 Å². The van der Waals surface area contributed by atoms with Crippen LogP contribution in [0, 0.1) is 34.9 Å². The Morgan fingerprint density at radius 1 is 0.280 bits per heavy atom. The third kappa shape index (κ3) is 9.70. The first-order chi connectivity index (χ1) is 45.4. The van der Waals surface area contributed by atoms with Crippen molar-refractivity contribution in [1.82, 2.24) is 0 Å². The van der Waals surface area contributed by atoms with Crippen molar-refractivity contribution < 1.29 is 35.8 Å². The van der Waals surface area contributed by atoms with Gasteiger partial charge < -0.3 is 14.4 Å². The zero-order chi connectivity index (χ0) is 63.5. The third-order valence-corrected chi connectivity index (χ3v) is 18.1. The van der Waals surface area contributed by atoms with Gasteiger partial charge in [-0.15, -0.1) is 0 Å². The van der Waals surface area contributed by atoms with E-state index in [4.69, 9.17) is 9.47 Å². The Hall–Kier alpha value is -11.7. The lowest BCUT2D eigenvalue weighted by molar-refractivity contribution is 0.443. The molecule has 0 spiro atoms. The van der Waals surface area contributed by atoms with Crippen LogP contribution in [0.1, 0.15) is 55.6 Å². The number of benzene rings is 13. The maximum atomic E-state index is 16.2. The highest BCUT2D eigenvalue weighted by atomic mass is 19.2. The predicted molar refractivity (Wildman–Crippen MR) is 360 cm³/mol. The van der Waals surface area contributed by atoms with Gasteiger partial charge in [0.05, 0.1) is 10.8 Å². The first kappa shape index (κ1) is 57.7. The quantitative estimate of drug-likeness (QED) is 0.0754. The zero-order valence-electron chi connectivity index (χ0n) is 49.7. The van der Waals surface area contributed by atoms with Crippen LogP contribution in [0.2, 0.25) is 0 Å². The number of fused-ring (bicyclic) bond motifs is 6. The molecule has 448 valence electrons. The smallest absolute Gasteiger partial charge is 0.194 e. The van der Waals surface area contributed by atoms with Gasteiger partial charge in [-0.05, 0) is 209 Å². The summed E-state index contributed by atoms with van der Waals surface area (Å²) in [6.07, 6.45) is 3.48. The minimum atomic E-state index is -1.60. The average Bonchev–Trinajstić information content (AvgIpc) is 1.57. The van der Waals surface area contributed by atoms with Crippen LogP contribution < -0.4 is 14.4 Å². The Morgan fingerprint density at radius 3 is 1.04 bits per heavy atom. The van der Waals surface area contributed by atoms with Crippen LogP contribution >= 0.6 is 0 Å². The second kappa shape index (κ2) is 23.3. The normalized spacial score (nSPS) is 14.9. The summed E-state index contributed by atoms with van der Waals surface area (Å²) in [4.78, 5) is 2.09. The van der Waals surface area contributed by atoms with Gasteiger partial charge in [-0.2, -0.15) is 0 Å². The fraction of sp³-hybridized carbons (Fsp3) is 0.0238. The van der Waals surface area contributed by atoms with E-state index in [1.54, 1.807) is 36.4 Å². The topological polar surface area (TPSA) is 21.7 Å². The van der Waals surface area contributed by atoms with Crippen LogP contribution in [-0.4, -0.2) is 0 Å². The molecule has 2 atom stereocenters. The standard InChI is InChI=1S/C84H53F6NO2/c1-3-52-25-35-63(36-26-52)92-65-39-29-56(30-40-65)83(58-46-77(85)81(89)78(86)47-58)73-23-12-10-21-69(73)71-43-33-61(50-75(71)83)91(60-18-14-17-55(45-60)68-20-9-8-19-67(68)54-15-6-5-7-16-54)62-34-44-72-70-22-11-13-24-74(70)84(76(72)51-62,59-48-79(87)82(90)80(88)49-59)57-31-41-66(42-32-57)93-64-37-27-53(4-2)28-38-64/h3-51H,1-2H2. The molecule has 0 N–H and O–H groups in total. The maximum Gasteiger partial charge on any atom is 0.194 e. The molecule has 0 bridgehead atoms. The molecule has 0 aromatic heterocycles. The van der Waals surface area contributed by atoms with Crippen molar-refractivity contribution in [2.24, 2.45) is 0 Å². The molecule has 2 aliphatic carbocycles. The molecule has 15 rings (SSSR count). The molecule has 0 saturated carbocycles. The van der Waals surface area contributed by atoms with Gasteiger partial charge in [0.1, 0.15) is 23.0 Å². The molecule has 13 aromatic rings. The number of anilines is 3. The fourth-order valence-electron chi connectivity index (χ4n) is 14.0. The van der Waals surface area contributed by atoms with E-state index in [1.165, 1.54) is 0 Å². The summed E-state index contributed by atoms with van der Waals surface area (Å²) in [5, 5.41) is 0. The summed E-state index contributed by atoms with van der Waals surface area (Å²) < 4.78 is 109. The van der Waals surface area contributed by atoms with E-state index in [9.17, 15) is 0 Å². The van der Waals surface area contributed by atoms with Gasteiger partial charge >= 0.3 is 0 Å². The molecule has 2 unspecified atom stereocenters. The first-order valence-corrected chi connectivity index (χ1v) is 30.3. The Morgan fingerprint density at radius 2 is 0.624 bits per heavy atom. The molecule has 2 aliphatic rings. The number of nitrogens with zero attached hydrogens (tertiary/aromatic N) is 1. The lowest BCUT2D eigenvalue weighted by Crippen LogP contribution is -2.30. The molecule has 0 heterocycles. The molecule has 0 saturated heterocycles. The minimum absolute atomic E-state index is 0.142. The highest BCUT2D eigenvalue weighted by Gasteiger charge is 2.49.